The summed E-state index contributed by atoms with van der Waals surface area (Å²) in [6.07, 6.45) is 3.83. The molecule has 1 aliphatic rings. The summed E-state index contributed by atoms with van der Waals surface area (Å²) in [5.74, 6) is -0.748. The summed E-state index contributed by atoms with van der Waals surface area (Å²) >= 11 is 0. The molecule has 0 unspecified atom stereocenters. The predicted octanol–water partition coefficient (Wildman–Crippen LogP) is 1.44. The molecule has 1 N–H and O–H groups in total. The lowest BCUT2D eigenvalue weighted by Gasteiger charge is -2.33. The van der Waals surface area contributed by atoms with Crippen LogP contribution in [-0.2, 0) is 11.3 Å². The monoisotopic (exact) mass is 285 g/mol. The van der Waals surface area contributed by atoms with Crippen molar-refractivity contribution in [1.82, 2.24) is 14.8 Å². The fraction of sp³-hybridized carbons (Fsp3) is 0.375. The zero-order valence-corrected chi connectivity index (χ0v) is 11.9. The van der Waals surface area contributed by atoms with Crippen LogP contribution in [0.5, 0.6) is 0 Å². The van der Waals surface area contributed by atoms with Crippen LogP contribution in [0.15, 0.2) is 36.7 Å². The Balaban J connectivity index is 1.66. The Kier molecular flexibility index (Phi) is 4.13. The lowest BCUT2D eigenvalue weighted by molar-refractivity contribution is -0.138. The third-order valence-corrected chi connectivity index (χ3v) is 3.97. The number of aromatic nitrogens is 1. The number of nitrogens with zero attached hydrogens (tertiary/aromatic N) is 3. The van der Waals surface area contributed by atoms with E-state index in [1.54, 1.807) is 0 Å². The maximum Gasteiger partial charge on any atom is 0.317 e. The van der Waals surface area contributed by atoms with Crippen LogP contribution in [0.3, 0.4) is 0 Å². The standard InChI is InChI=1S/C16H19N3O2/c20-16(21)12-19-7-5-18(6-8-19)11-14-10-17-9-13-3-1-2-4-15(13)14/h1-4,9-10H,5-8,11-12H2,(H,20,21). The highest BCUT2D eigenvalue weighted by Crippen LogP contribution is 2.19. The van der Waals surface area contributed by atoms with E-state index in [2.05, 4.69) is 28.1 Å². The number of fused-ring (bicyclic) bond motifs is 1. The lowest BCUT2D eigenvalue weighted by atomic mass is 10.1. The molecule has 0 aliphatic carbocycles. The number of aliphatic carboxylic acids is 1. The Morgan fingerprint density at radius 1 is 1.10 bits per heavy atom. The van der Waals surface area contributed by atoms with Crippen molar-refractivity contribution in [3.05, 3.63) is 42.2 Å². The van der Waals surface area contributed by atoms with Crippen LogP contribution in [0.25, 0.3) is 10.8 Å². The molecule has 1 fully saturated rings. The SMILES string of the molecule is O=C(O)CN1CCN(Cc2cncc3ccccc23)CC1. The van der Waals surface area contributed by atoms with Gasteiger partial charge >= 0.3 is 5.97 Å². The maximum atomic E-state index is 10.7. The van der Waals surface area contributed by atoms with E-state index in [0.717, 1.165) is 32.7 Å². The van der Waals surface area contributed by atoms with Crippen LogP contribution in [0.1, 0.15) is 5.56 Å². The summed E-state index contributed by atoms with van der Waals surface area (Å²) in [5.41, 5.74) is 1.24. The van der Waals surface area contributed by atoms with Gasteiger partial charge in [-0.15, -0.1) is 0 Å². The highest BCUT2D eigenvalue weighted by molar-refractivity contribution is 5.84. The number of carbonyl (C=O) groups is 1. The summed E-state index contributed by atoms with van der Waals surface area (Å²) in [5, 5.41) is 11.2. The Hall–Kier alpha value is -1.98. The molecule has 0 spiro atoms. The number of pyridine rings is 1. The molecule has 2 heterocycles. The number of carboxylic acid groups (broad SMARTS) is 1. The van der Waals surface area contributed by atoms with E-state index in [4.69, 9.17) is 5.11 Å². The first-order chi connectivity index (χ1) is 10.2. The van der Waals surface area contributed by atoms with Gasteiger partial charge in [0.1, 0.15) is 0 Å². The van der Waals surface area contributed by atoms with Gasteiger partial charge in [-0.2, -0.15) is 0 Å². The number of benzene rings is 1. The van der Waals surface area contributed by atoms with E-state index in [1.807, 2.05) is 23.4 Å². The van der Waals surface area contributed by atoms with Crippen molar-refractivity contribution in [3.8, 4) is 0 Å². The van der Waals surface area contributed by atoms with Gasteiger partial charge in [-0.05, 0) is 10.9 Å². The molecular weight excluding hydrogens is 266 g/mol. The minimum Gasteiger partial charge on any atom is -0.480 e. The van der Waals surface area contributed by atoms with Crippen molar-refractivity contribution in [2.24, 2.45) is 0 Å². The minimum atomic E-state index is -0.748. The molecule has 21 heavy (non-hydrogen) atoms. The van der Waals surface area contributed by atoms with Crippen molar-refractivity contribution >= 4 is 16.7 Å². The van der Waals surface area contributed by atoms with E-state index in [1.165, 1.54) is 16.3 Å². The van der Waals surface area contributed by atoms with Gasteiger partial charge in [-0.25, -0.2) is 0 Å². The van der Waals surface area contributed by atoms with Gasteiger partial charge < -0.3 is 5.11 Å². The summed E-state index contributed by atoms with van der Waals surface area (Å²) in [7, 11) is 0. The van der Waals surface area contributed by atoms with Gasteiger partial charge in [0.05, 0.1) is 6.54 Å². The second kappa shape index (κ2) is 6.20. The summed E-state index contributed by atoms with van der Waals surface area (Å²) < 4.78 is 0. The van der Waals surface area contributed by atoms with Gasteiger partial charge in [-0.1, -0.05) is 24.3 Å². The van der Waals surface area contributed by atoms with Crippen LogP contribution in [0, 0.1) is 0 Å². The minimum absolute atomic E-state index is 0.143. The molecule has 1 aliphatic heterocycles. The second-order valence-electron chi connectivity index (χ2n) is 5.47. The summed E-state index contributed by atoms with van der Waals surface area (Å²) in [6.45, 7) is 4.43. The van der Waals surface area contributed by atoms with Crippen LogP contribution >= 0.6 is 0 Å². The van der Waals surface area contributed by atoms with Crippen LogP contribution in [-0.4, -0.2) is 58.6 Å². The highest BCUT2D eigenvalue weighted by Gasteiger charge is 2.19. The van der Waals surface area contributed by atoms with Crippen molar-refractivity contribution in [1.29, 1.82) is 0 Å². The number of hydrogen-bond donors (Lipinski definition) is 1. The molecule has 0 saturated carbocycles. The van der Waals surface area contributed by atoms with Crippen molar-refractivity contribution in [2.75, 3.05) is 32.7 Å². The van der Waals surface area contributed by atoms with E-state index >= 15 is 0 Å². The molecule has 2 aromatic rings. The molecule has 1 aromatic carbocycles. The third-order valence-electron chi connectivity index (χ3n) is 3.97. The van der Waals surface area contributed by atoms with Gasteiger partial charge in [-0.3, -0.25) is 19.6 Å². The van der Waals surface area contributed by atoms with E-state index in [9.17, 15) is 4.79 Å². The fourth-order valence-corrected chi connectivity index (χ4v) is 2.84. The number of rotatable bonds is 4. The highest BCUT2D eigenvalue weighted by atomic mass is 16.4. The van der Waals surface area contributed by atoms with Gasteiger partial charge in [0.15, 0.2) is 0 Å². The molecule has 5 heteroatoms. The Bertz CT molecular complexity index is 631. The van der Waals surface area contributed by atoms with E-state index in [-0.39, 0.29) is 6.54 Å². The average molecular weight is 285 g/mol. The quantitative estimate of drug-likeness (QED) is 0.921. The number of hydrogen-bond acceptors (Lipinski definition) is 4. The molecule has 0 bridgehead atoms. The Labute approximate surface area is 123 Å². The summed E-state index contributed by atoms with van der Waals surface area (Å²) in [4.78, 5) is 19.4. The van der Waals surface area contributed by atoms with Crippen LogP contribution in [0.2, 0.25) is 0 Å². The molecule has 0 amide bonds. The molecule has 0 radical (unpaired) electrons. The molecular formula is C16H19N3O2. The van der Waals surface area contributed by atoms with Crippen molar-refractivity contribution in [2.45, 2.75) is 6.54 Å². The van der Waals surface area contributed by atoms with Gasteiger partial charge in [0.25, 0.3) is 0 Å². The predicted molar refractivity (Wildman–Crippen MR) is 81.1 cm³/mol. The average Bonchev–Trinajstić information content (AvgIpc) is 2.49. The summed E-state index contributed by atoms with van der Waals surface area (Å²) in [6, 6.07) is 8.29. The number of carboxylic acids is 1. The van der Waals surface area contributed by atoms with Crippen molar-refractivity contribution < 1.29 is 9.90 Å². The van der Waals surface area contributed by atoms with E-state index < -0.39 is 5.97 Å². The third kappa shape index (κ3) is 3.37. The molecule has 0 atom stereocenters. The first kappa shape index (κ1) is 14.0. The second-order valence-corrected chi connectivity index (χ2v) is 5.47. The molecule has 5 nitrogen and oxygen atoms in total. The van der Waals surface area contributed by atoms with Gasteiger partial charge in [0, 0.05) is 50.5 Å². The van der Waals surface area contributed by atoms with Crippen LogP contribution in [0.4, 0.5) is 0 Å². The largest absolute Gasteiger partial charge is 0.480 e. The van der Waals surface area contributed by atoms with Crippen LogP contribution < -0.4 is 0 Å². The molecule has 1 saturated heterocycles. The lowest BCUT2D eigenvalue weighted by Crippen LogP contribution is -2.47. The zero-order chi connectivity index (χ0) is 14.7. The van der Waals surface area contributed by atoms with Crippen molar-refractivity contribution in [3.63, 3.8) is 0 Å². The molecule has 110 valence electrons. The van der Waals surface area contributed by atoms with E-state index in [0.29, 0.717) is 0 Å². The zero-order valence-electron chi connectivity index (χ0n) is 11.9. The molecule has 3 rings (SSSR count). The Morgan fingerprint density at radius 2 is 1.81 bits per heavy atom. The maximum absolute atomic E-state index is 10.7. The smallest absolute Gasteiger partial charge is 0.317 e. The first-order valence-corrected chi connectivity index (χ1v) is 7.20. The number of piperazine rings is 1. The topological polar surface area (TPSA) is 56.7 Å². The Morgan fingerprint density at radius 3 is 2.57 bits per heavy atom. The fourth-order valence-electron chi connectivity index (χ4n) is 2.84. The van der Waals surface area contributed by atoms with Gasteiger partial charge in [0.2, 0.25) is 0 Å². The normalized spacial score (nSPS) is 17.1. The molecule has 1 aromatic heterocycles. The first-order valence-electron chi connectivity index (χ1n) is 7.20.